The average Bonchev–Trinajstić information content (AvgIpc) is 2.53. The monoisotopic (exact) mass is 236 g/mol. The molecule has 0 saturated heterocycles. The molecular weight excluding hydrogens is 228 g/mol. The third kappa shape index (κ3) is 1.77. The Morgan fingerprint density at radius 2 is 1.88 bits per heavy atom. The van der Waals surface area contributed by atoms with Gasteiger partial charge in [-0.2, -0.15) is 0 Å². The number of carbonyl (C=O) groups is 2. The van der Waals surface area contributed by atoms with E-state index in [1.54, 1.807) is 24.3 Å². The Morgan fingerprint density at radius 1 is 1.19 bits per heavy atom. The van der Waals surface area contributed by atoms with Crippen LogP contribution in [0.2, 0.25) is 0 Å². The summed E-state index contributed by atoms with van der Waals surface area (Å²) in [4.78, 5) is 22.1. The summed E-state index contributed by atoms with van der Waals surface area (Å²) in [6.07, 6.45) is -0.249. The molecule has 0 saturated carbocycles. The number of aromatic carboxylic acids is 1. The number of hydrogen-bond donors (Lipinski definition) is 2. The molecule has 5 heteroatoms. The first kappa shape index (κ1) is 10.6. The van der Waals surface area contributed by atoms with Crippen LogP contribution in [0.5, 0.6) is 0 Å². The molecule has 0 atom stereocenters. The van der Waals surface area contributed by atoms with Crippen LogP contribution < -0.4 is 0 Å². The first-order valence-corrected chi connectivity index (χ1v) is 5.36. The van der Waals surface area contributed by atoms with Crippen LogP contribution in [0.15, 0.2) is 24.3 Å². The zero-order valence-corrected chi connectivity index (χ0v) is 8.95. The molecule has 2 N–H and O–H groups in total. The molecule has 2 aromatic rings. The zero-order valence-electron chi connectivity index (χ0n) is 8.14. The number of carboxylic acids is 2. The zero-order chi connectivity index (χ0) is 11.7. The van der Waals surface area contributed by atoms with E-state index < -0.39 is 11.9 Å². The third-order valence-corrected chi connectivity index (χ3v) is 3.36. The van der Waals surface area contributed by atoms with Crippen LogP contribution in [0.3, 0.4) is 0 Å². The van der Waals surface area contributed by atoms with E-state index >= 15 is 0 Å². The molecule has 0 amide bonds. The van der Waals surface area contributed by atoms with Crippen LogP contribution in [-0.2, 0) is 11.2 Å². The van der Waals surface area contributed by atoms with Crippen LogP contribution in [0.25, 0.3) is 10.1 Å². The molecule has 82 valence electrons. The number of thiophene rings is 1. The third-order valence-electron chi connectivity index (χ3n) is 2.19. The van der Waals surface area contributed by atoms with Crippen LogP contribution in [0.4, 0.5) is 0 Å². The lowest BCUT2D eigenvalue weighted by molar-refractivity contribution is -0.136. The van der Waals surface area contributed by atoms with Crippen molar-refractivity contribution in [2.75, 3.05) is 0 Å². The Labute approximate surface area is 94.8 Å². The van der Waals surface area contributed by atoms with E-state index in [4.69, 9.17) is 10.2 Å². The predicted octanol–water partition coefficient (Wildman–Crippen LogP) is 2.23. The molecule has 0 aliphatic heterocycles. The van der Waals surface area contributed by atoms with Crippen molar-refractivity contribution in [3.63, 3.8) is 0 Å². The van der Waals surface area contributed by atoms with Gasteiger partial charge in [-0.25, -0.2) is 4.79 Å². The van der Waals surface area contributed by atoms with E-state index in [1.807, 2.05) is 0 Å². The highest BCUT2D eigenvalue weighted by atomic mass is 32.1. The molecule has 1 aromatic heterocycles. The van der Waals surface area contributed by atoms with Gasteiger partial charge in [0.15, 0.2) is 0 Å². The predicted molar refractivity (Wildman–Crippen MR) is 60.1 cm³/mol. The molecule has 0 aliphatic rings. The normalized spacial score (nSPS) is 10.5. The van der Waals surface area contributed by atoms with Crippen molar-refractivity contribution in [3.8, 4) is 0 Å². The van der Waals surface area contributed by atoms with Gasteiger partial charge >= 0.3 is 11.9 Å². The van der Waals surface area contributed by atoms with E-state index in [-0.39, 0.29) is 12.0 Å². The van der Waals surface area contributed by atoms with Crippen LogP contribution in [0.1, 0.15) is 15.2 Å². The maximum absolute atomic E-state index is 11.1. The van der Waals surface area contributed by atoms with Gasteiger partial charge in [-0.15, -0.1) is 11.3 Å². The van der Waals surface area contributed by atoms with E-state index in [2.05, 4.69) is 0 Å². The van der Waals surface area contributed by atoms with E-state index in [0.717, 1.165) is 4.70 Å². The second-order valence-corrected chi connectivity index (χ2v) is 4.41. The number of aliphatic carboxylic acids is 1. The highest BCUT2D eigenvalue weighted by Crippen LogP contribution is 2.31. The fraction of sp³-hybridized carbons (Fsp3) is 0.0909. The van der Waals surface area contributed by atoms with E-state index in [0.29, 0.717) is 10.3 Å². The number of carboxylic acid groups (broad SMARTS) is 2. The van der Waals surface area contributed by atoms with E-state index in [9.17, 15) is 9.59 Å². The number of fused-ring (bicyclic) bond motifs is 1. The van der Waals surface area contributed by atoms with Crippen molar-refractivity contribution in [1.29, 1.82) is 0 Å². The lowest BCUT2D eigenvalue weighted by Gasteiger charge is -1.95. The summed E-state index contributed by atoms with van der Waals surface area (Å²) < 4.78 is 0.802. The van der Waals surface area contributed by atoms with Gasteiger partial charge in [-0.3, -0.25) is 4.79 Å². The van der Waals surface area contributed by atoms with Crippen molar-refractivity contribution in [3.05, 3.63) is 34.7 Å². The molecule has 16 heavy (non-hydrogen) atoms. The molecule has 0 bridgehead atoms. The van der Waals surface area contributed by atoms with Gasteiger partial charge in [0.2, 0.25) is 0 Å². The number of hydrogen-bond acceptors (Lipinski definition) is 3. The summed E-state index contributed by atoms with van der Waals surface area (Å²) in [6.45, 7) is 0. The van der Waals surface area contributed by atoms with Crippen molar-refractivity contribution in [1.82, 2.24) is 0 Å². The van der Waals surface area contributed by atoms with Gasteiger partial charge < -0.3 is 10.2 Å². The first-order valence-electron chi connectivity index (χ1n) is 4.55. The summed E-state index contributed by atoms with van der Waals surface area (Å²) in [5, 5.41) is 18.4. The van der Waals surface area contributed by atoms with Gasteiger partial charge in [-0.05, 0) is 6.07 Å². The van der Waals surface area contributed by atoms with Crippen molar-refractivity contribution < 1.29 is 19.8 Å². The minimum atomic E-state index is -1.08. The number of benzene rings is 1. The molecule has 1 aromatic carbocycles. The largest absolute Gasteiger partial charge is 0.481 e. The second-order valence-electron chi connectivity index (χ2n) is 3.27. The molecule has 4 nitrogen and oxygen atoms in total. The molecular formula is C11H8O4S. The Hall–Kier alpha value is -1.88. The minimum absolute atomic E-state index is 0.114. The Balaban J connectivity index is 2.68. The van der Waals surface area contributed by atoms with Crippen molar-refractivity contribution in [2.45, 2.75) is 6.42 Å². The standard InChI is InChI=1S/C11H8O4S/c12-9(13)5-8-10(11(14)15)6-3-1-2-4-7(6)16-8/h1-4H,5H2,(H,12,13)(H,14,15). The lowest BCUT2D eigenvalue weighted by atomic mass is 10.1. The molecule has 0 fully saturated rings. The van der Waals surface area contributed by atoms with Gasteiger partial charge in [0.05, 0.1) is 12.0 Å². The highest BCUT2D eigenvalue weighted by molar-refractivity contribution is 7.19. The molecule has 0 spiro atoms. The summed E-state index contributed by atoms with van der Waals surface area (Å²) >= 11 is 1.22. The fourth-order valence-corrected chi connectivity index (χ4v) is 2.78. The smallest absolute Gasteiger partial charge is 0.337 e. The summed E-state index contributed by atoms with van der Waals surface area (Å²) in [7, 11) is 0. The molecule has 0 unspecified atom stereocenters. The van der Waals surface area contributed by atoms with Gasteiger partial charge in [0.1, 0.15) is 0 Å². The molecule has 0 radical (unpaired) electrons. The topological polar surface area (TPSA) is 74.6 Å². The highest BCUT2D eigenvalue weighted by Gasteiger charge is 2.19. The Kier molecular flexibility index (Phi) is 2.62. The Morgan fingerprint density at radius 3 is 2.50 bits per heavy atom. The van der Waals surface area contributed by atoms with E-state index in [1.165, 1.54) is 11.3 Å². The van der Waals surface area contributed by atoms with Crippen molar-refractivity contribution in [2.24, 2.45) is 0 Å². The molecule has 0 aliphatic carbocycles. The van der Waals surface area contributed by atoms with Crippen LogP contribution in [0, 0.1) is 0 Å². The second kappa shape index (κ2) is 3.94. The molecule has 1 heterocycles. The van der Waals surface area contributed by atoms with Gasteiger partial charge in [-0.1, -0.05) is 18.2 Å². The van der Waals surface area contributed by atoms with Gasteiger partial charge in [0.25, 0.3) is 0 Å². The number of rotatable bonds is 3. The Bertz CT molecular complexity index is 570. The molecule has 2 rings (SSSR count). The van der Waals surface area contributed by atoms with Gasteiger partial charge in [0, 0.05) is 15.0 Å². The summed E-state index contributed by atoms with van der Waals surface area (Å²) in [5.41, 5.74) is 0.114. The maximum atomic E-state index is 11.1. The first-order chi connectivity index (χ1) is 7.59. The van der Waals surface area contributed by atoms with Crippen LogP contribution >= 0.6 is 11.3 Å². The van der Waals surface area contributed by atoms with Crippen LogP contribution in [-0.4, -0.2) is 22.2 Å². The SMILES string of the molecule is O=C(O)Cc1sc2ccccc2c1C(=O)O. The summed E-state index contributed by atoms with van der Waals surface area (Å²) in [6, 6.07) is 7.03. The van der Waals surface area contributed by atoms with Crippen molar-refractivity contribution >= 4 is 33.4 Å². The minimum Gasteiger partial charge on any atom is -0.481 e. The average molecular weight is 236 g/mol. The lowest BCUT2D eigenvalue weighted by Crippen LogP contribution is -2.04. The fourth-order valence-electron chi connectivity index (χ4n) is 1.59. The quantitative estimate of drug-likeness (QED) is 0.856. The summed E-state index contributed by atoms with van der Waals surface area (Å²) in [5.74, 6) is -2.09. The maximum Gasteiger partial charge on any atom is 0.337 e.